The van der Waals surface area contributed by atoms with Gasteiger partial charge in [-0.3, -0.25) is 0 Å². The van der Waals surface area contributed by atoms with Gasteiger partial charge in [-0.25, -0.2) is 4.98 Å². The predicted molar refractivity (Wildman–Crippen MR) is 89.7 cm³/mol. The van der Waals surface area contributed by atoms with Crippen LogP contribution in [0.25, 0.3) is 0 Å². The monoisotopic (exact) mass is 347 g/mol. The summed E-state index contributed by atoms with van der Waals surface area (Å²) < 4.78 is 24.2. The van der Waals surface area contributed by atoms with Crippen molar-refractivity contribution in [2.24, 2.45) is 0 Å². The highest BCUT2D eigenvalue weighted by atomic mass is 32.1. The molecule has 0 aliphatic carbocycles. The van der Waals surface area contributed by atoms with Crippen molar-refractivity contribution in [1.29, 1.82) is 0 Å². The number of nitrogens with zero attached hydrogens (tertiary/aromatic N) is 1. The second kappa shape index (κ2) is 6.54. The van der Waals surface area contributed by atoms with Gasteiger partial charge in [-0.2, -0.15) is 0 Å². The highest BCUT2D eigenvalue weighted by Gasteiger charge is 2.56. The van der Waals surface area contributed by atoms with Gasteiger partial charge in [0.15, 0.2) is 5.79 Å². The van der Waals surface area contributed by atoms with Gasteiger partial charge in [0.1, 0.15) is 29.4 Å². The minimum Gasteiger partial charge on any atom is -0.374 e. The topological polar surface area (TPSA) is 49.8 Å². The summed E-state index contributed by atoms with van der Waals surface area (Å²) >= 11 is 1.58. The van der Waals surface area contributed by atoms with Crippen LogP contribution >= 0.6 is 11.3 Å². The van der Waals surface area contributed by atoms with E-state index in [1.54, 1.807) is 17.5 Å². The number of thiazole rings is 1. The van der Waals surface area contributed by atoms with Gasteiger partial charge < -0.3 is 18.9 Å². The van der Waals surface area contributed by atoms with Crippen molar-refractivity contribution in [2.45, 2.75) is 50.7 Å². The van der Waals surface area contributed by atoms with Crippen LogP contribution in [0.4, 0.5) is 0 Å². The first-order chi connectivity index (χ1) is 11.6. The summed E-state index contributed by atoms with van der Waals surface area (Å²) in [5, 5.41) is 2.88. The molecule has 1 aromatic heterocycles. The predicted octanol–water partition coefficient (Wildman–Crippen LogP) is 3.32. The number of fused-ring (bicyclic) bond motifs is 1. The van der Waals surface area contributed by atoms with E-state index >= 15 is 0 Å². The van der Waals surface area contributed by atoms with Crippen molar-refractivity contribution in [3.8, 4) is 0 Å². The molecule has 0 N–H and O–H groups in total. The molecule has 2 aromatic rings. The Labute approximate surface area is 145 Å². The number of rotatable bonds is 5. The Morgan fingerprint density at radius 2 is 1.96 bits per heavy atom. The lowest BCUT2D eigenvalue weighted by Gasteiger charge is -2.23. The Balaban J connectivity index is 1.43. The zero-order chi connectivity index (χ0) is 16.6. The first-order valence-corrected chi connectivity index (χ1v) is 9.02. The normalized spacial score (nSPS) is 31.2. The molecule has 0 bridgehead atoms. The van der Waals surface area contributed by atoms with Gasteiger partial charge in [0.25, 0.3) is 0 Å². The lowest BCUT2D eigenvalue weighted by atomic mass is 10.1. The maximum atomic E-state index is 6.18. The second-order valence-corrected chi connectivity index (χ2v) is 7.46. The molecule has 0 spiro atoms. The lowest BCUT2D eigenvalue weighted by Crippen LogP contribution is -2.32. The molecule has 4 rings (SSSR count). The summed E-state index contributed by atoms with van der Waals surface area (Å²) in [6.07, 6.45) is 1.16. The van der Waals surface area contributed by atoms with Crippen LogP contribution in [0.15, 0.2) is 41.9 Å². The van der Waals surface area contributed by atoms with Crippen molar-refractivity contribution in [1.82, 2.24) is 4.98 Å². The molecule has 0 unspecified atom stereocenters. The van der Waals surface area contributed by atoms with E-state index in [-0.39, 0.29) is 24.4 Å². The van der Waals surface area contributed by atoms with Crippen LogP contribution in [0.3, 0.4) is 0 Å². The Morgan fingerprint density at radius 3 is 2.71 bits per heavy atom. The van der Waals surface area contributed by atoms with E-state index < -0.39 is 5.79 Å². The molecule has 2 aliphatic heterocycles. The first kappa shape index (κ1) is 16.2. The molecule has 4 atom stereocenters. The Morgan fingerprint density at radius 1 is 1.17 bits per heavy atom. The number of benzene rings is 1. The smallest absolute Gasteiger partial charge is 0.164 e. The molecule has 6 heteroatoms. The molecule has 1 aromatic carbocycles. The van der Waals surface area contributed by atoms with E-state index in [9.17, 15) is 0 Å². The van der Waals surface area contributed by atoms with E-state index in [0.717, 1.165) is 10.6 Å². The number of ether oxygens (including phenoxy) is 4. The summed E-state index contributed by atoms with van der Waals surface area (Å²) in [6.45, 7) is 4.90. The van der Waals surface area contributed by atoms with Crippen molar-refractivity contribution >= 4 is 11.3 Å². The fourth-order valence-corrected chi connectivity index (χ4v) is 3.96. The molecule has 2 fully saturated rings. The maximum absolute atomic E-state index is 6.18. The molecule has 2 aliphatic rings. The van der Waals surface area contributed by atoms with Crippen LogP contribution in [0.5, 0.6) is 0 Å². The average molecular weight is 347 g/mol. The summed E-state index contributed by atoms with van der Waals surface area (Å²) in [5.41, 5.74) is 1.15. The third-order valence-corrected chi connectivity index (χ3v) is 5.08. The van der Waals surface area contributed by atoms with Crippen LogP contribution in [-0.4, -0.2) is 35.7 Å². The average Bonchev–Trinajstić information content (AvgIpc) is 3.25. The molecule has 128 valence electrons. The zero-order valence-electron chi connectivity index (χ0n) is 13.8. The van der Waals surface area contributed by atoms with Crippen molar-refractivity contribution in [3.63, 3.8) is 0 Å². The van der Waals surface area contributed by atoms with Gasteiger partial charge in [-0.15, -0.1) is 11.3 Å². The van der Waals surface area contributed by atoms with Crippen LogP contribution < -0.4 is 0 Å². The Bertz CT molecular complexity index is 661. The highest BCUT2D eigenvalue weighted by molar-refractivity contribution is 7.09. The molecule has 0 radical (unpaired) electrons. The van der Waals surface area contributed by atoms with Gasteiger partial charge in [-0.05, 0) is 19.4 Å². The largest absolute Gasteiger partial charge is 0.374 e. The summed E-state index contributed by atoms with van der Waals surface area (Å²) in [5.74, 6) is -0.605. The first-order valence-electron chi connectivity index (χ1n) is 8.14. The molecular weight excluding hydrogens is 326 g/mol. The van der Waals surface area contributed by atoms with Crippen LogP contribution in [0.1, 0.15) is 30.5 Å². The zero-order valence-corrected chi connectivity index (χ0v) is 14.6. The fraction of sp³-hybridized carbons (Fsp3) is 0.500. The highest BCUT2D eigenvalue weighted by Crippen LogP contribution is 2.45. The van der Waals surface area contributed by atoms with Crippen molar-refractivity contribution < 1.29 is 18.9 Å². The third-order valence-electron chi connectivity index (χ3n) is 4.24. The van der Waals surface area contributed by atoms with Gasteiger partial charge in [0.05, 0.1) is 13.2 Å². The molecule has 3 heterocycles. The van der Waals surface area contributed by atoms with E-state index in [0.29, 0.717) is 13.2 Å². The van der Waals surface area contributed by atoms with Crippen molar-refractivity contribution in [2.75, 3.05) is 6.61 Å². The summed E-state index contributed by atoms with van der Waals surface area (Å²) in [4.78, 5) is 4.39. The SMILES string of the molecule is CC1(C)O[C@@H]2[C@H](O1)[C@@H](COCc1ccccc1)O[C@@H]2c1nccs1. The van der Waals surface area contributed by atoms with Crippen molar-refractivity contribution in [3.05, 3.63) is 52.5 Å². The van der Waals surface area contributed by atoms with E-state index in [4.69, 9.17) is 18.9 Å². The summed E-state index contributed by atoms with van der Waals surface area (Å²) in [6, 6.07) is 10.1. The fourth-order valence-electron chi connectivity index (χ4n) is 3.26. The van der Waals surface area contributed by atoms with E-state index in [1.807, 2.05) is 37.4 Å². The van der Waals surface area contributed by atoms with Crippen LogP contribution in [-0.2, 0) is 25.6 Å². The van der Waals surface area contributed by atoms with Gasteiger partial charge in [0, 0.05) is 11.6 Å². The molecular formula is C18H21NO4S. The Kier molecular flexibility index (Phi) is 4.40. The van der Waals surface area contributed by atoms with E-state index in [2.05, 4.69) is 17.1 Å². The standard InChI is InChI=1S/C18H21NO4S/c1-18(2)22-14-13(11-20-10-12-6-4-3-5-7-12)21-16(15(14)23-18)17-19-8-9-24-17/h3-9,13-16H,10-11H2,1-2H3/t13-,14-,15-,16+/m1/s1. The van der Waals surface area contributed by atoms with Gasteiger partial charge >= 0.3 is 0 Å². The molecule has 24 heavy (non-hydrogen) atoms. The van der Waals surface area contributed by atoms with E-state index in [1.165, 1.54) is 0 Å². The molecule has 0 amide bonds. The third kappa shape index (κ3) is 3.25. The Hall–Kier alpha value is -1.31. The molecule has 5 nitrogen and oxygen atoms in total. The maximum Gasteiger partial charge on any atom is 0.164 e. The minimum absolute atomic E-state index is 0.135. The summed E-state index contributed by atoms with van der Waals surface area (Å²) in [7, 11) is 0. The van der Waals surface area contributed by atoms with Gasteiger partial charge in [0.2, 0.25) is 0 Å². The second-order valence-electron chi connectivity index (χ2n) is 6.53. The number of aromatic nitrogens is 1. The molecule has 2 saturated heterocycles. The number of hydrogen-bond donors (Lipinski definition) is 0. The number of hydrogen-bond acceptors (Lipinski definition) is 6. The lowest BCUT2D eigenvalue weighted by molar-refractivity contribution is -0.193. The van der Waals surface area contributed by atoms with Crippen LogP contribution in [0.2, 0.25) is 0 Å². The quantitative estimate of drug-likeness (QED) is 0.830. The van der Waals surface area contributed by atoms with Crippen LogP contribution in [0, 0.1) is 0 Å². The minimum atomic E-state index is -0.605. The molecule has 0 saturated carbocycles. The van der Waals surface area contributed by atoms with Gasteiger partial charge in [-0.1, -0.05) is 30.3 Å².